The second-order valence-corrected chi connectivity index (χ2v) is 27.8. The van der Waals surface area contributed by atoms with Crippen molar-refractivity contribution in [3.05, 3.63) is 229 Å². The minimum Gasteiger partial charge on any atom is -0.399 e. The molecular weight excluding hydrogens is 845 g/mol. The molecule has 1 saturated heterocycles. The molecule has 7 heteroatoms. The first-order valence-corrected chi connectivity index (χ1v) is 26.9. The van der Waals surface area contributed by atoms with E-state index < -0.39 is 62.8 Å². The maximum Gasteiger partial charge on any atom is 0.261 e. The summed E-state index contributed by atoms with van der Waals surface area (Å²) in [5.41, 5.74) is 1.83. The summed E-state index contributed by atoms with van der Waals surface area (Å²) in [5.74, 6) is 2.67. The SMILES string of the molecule is C#C[C@@H](O)[C@H]1O[C@H](COC(c2ccccc2)(c2ccccc2)c2ccccc2)[C@@H](O[Si](c2ccccc2)(c2ccccc2)C(C)(C)C)[C@@H]1O[Si](c1ccccc1)(c1ccccc1)C(C)(C)C. The van der Waals surface area contributed by atoms with Crippen molar-refractivity contribution in [3.8, 4) is 12.3 Å². The van der Waals surface area contributed by atoms with Crippen LogP contribution < -0.4 is 20.7 Å². The molecule has 1 N–H and O–H groups in total. The van der Waals surface area contributed by atoms with Crippen molar-refractivity contribution in [2.45, 2.75) is 87.7 Å². The molecule has 5 atom stereocenters. The van der Waals surface area contributed by atoms with Crippen molar-refractivity contribution in [1.82, 2.24) is 0 Å². The predicted octanol–water partition coefficient (Wildman–Crippen LogP) is 9.65. The van der Waals surface area contributed by atoms with E-state index in [0.29, 0.717) is 0 Å². The summed E-state index contributed by atoms with van der Waals surface area (Å²) in [7, 11) is -6.70. The first-order chi connectivity index (χ1) is 31.9. The fourth-order valence-electron chi connectivity index (χ4n) is 10.3. The van der Waals surface area contributed by atoms with Gasteiger partial charge in [0.2, 0.25) is 0 Å². The molecule has 0 bridgehead atoms. The molecule has 1 heterocycles. The Labute approximate surface area is 394 Å². The van der Waals surface area contributed by atoms with E-state index in [1.807, 2.05) is 66.7 Å². The summed E-state index contributed by atoms with van der Waals surface area (Å²) in [6.45, 7) is 13.7. The lowest BCUT2D eigenvalue weighted by atomic mass is 9.80. The van der Waals surface area contributed by atoms with Crippen LogP contribution in [-0.4, -0.2) is 58.9 Å². The maximum absolute atomic E-state index is 12.1. The van der Waals surface area contributed by atoms with Gasteiger partial charge in [-0.3, -0.25) is 0 Å². The van der Waals surface area contributed by atoms with Crippen molar-refractivity contribution >= 4 is 37.4 Å². The zero-order chi connectivity index (χ0) is 46.4. The Bertz CT molecular complexity index is 2450. The fraction of sp³-hybridized carbons (Fsp3) is 0.254. The van der Waals surface area contributed by atoms with E-state index in [2.05, 4.69) is 193 Å². The average molecular weight is 907 g/mol. The van der Waals surface area contributed by atoms with Gasteiger partial charge in [0.1, 0.15) is 36.1 Å². The molecule has 5 nitrogen and oxygen atoms in total. The van der Waals surface area contributed by atoms with Gasteiger partial charge in [0, 0.05) is 0 Å². The van der Waals surface area contributed by atoms with Crippen LogP contribution in [0.25, 0.3) is 0 Å². The molecule has 0 aliphatic carbocycles. The van der Waals surface area contributed by atoms with E-state index in [-0.39, 0.29) is 6.61 Å². The molecule has 66 heavy (non-hydrogen) atoms. The molecule has 0 radical (unpaired) electrons. The van der Waals surface area contributed by atoms with Crippen LogP contribution in [0, 0.1) is 12.3 Å². The third-order valence-electron chi connectivity index (χ3n) is 13.3. The summed E-state index contributed by atoms with van der Waals surface area (Å²) in [4.78, 5) is 0. The zero-order valence-electron chi connectivity index (χ0n) is 39.0. The molecule has 0 spiro atoms. The number of terminal acetylenes is 1. The van der Waals surface area contributed by atoms with Crippen LogP contribution in [0.1, 0.15) is 58.2 Å². The highest BCUT2D eigenvalue weighted by Gasteiger charge is 2.61. The van der Waals surface area contributed by atoms with Crippen molar-refractivity contribution < 1.29 is 23.4 Å². The third-order valence-corrected chi connectivity index (χ3v) is 23.4. The summed E-state index contributed by atoms with van der Waals surface area (Å²) < 4.78 is 31.3. The van der Waals surface area contributed by atoms with Crippen LogP contribution in [0.3, 0.4) is 0 Å². The molecular formula is C59H62O5Si2. The van der Waals surface area contributed by atoms with E-state index in [4.69, 9.17) is 24.7 Å². The Morgan fingerprint density at radius 1 is 0.485 bits per heavy atom. The highest BCUT2D eigenvalue weighted by Crippen LogP contribution is 2.46. The zero-order valence-corrected chi connectivity index (χ0v) is 41.0. The fourth-order valence-corrected chi connectivity index (χ4v) is 19.7. The lowest BCUT2D eigenvalue weighted by Crippen LogP contribution is -2.72. The first kappa shape index (κ1) is 46.8. The minimum absolute atomic E-state index is 0.0654. The van der Waals surface area contributed by atoms with Crippen LogP contribution in [0.4, 0.5) is 0 Å². The summed E-state index contributed by atoms with van der Waals surface area (Å²) in [5, 5.41) is 15.7. The quantitative estimate of drug-likeness (QED) is 0.0632. The number of hydrogen-bond acceptors (Lipinski definition) is 5. The van der Waals surface area contributed by atoms with Gasteiger partial charge in [-0.05, 0) is 47.5 Å². The van der Waals surface area contributed by atoms with Crippen molar-refractivity contribution in [3.63, 3.8) is 0 Å². The number of rotatable bonds is 15. The van der Waals surface area contributed by atoms with Gasteiger partial charge in [-0.25, -0.2) is 0 Å². The summed E-state index contributed by atoms with van der Waals surface area (Å²) in [6, 6.07) is 73.5. The lowest BCUT2D eigenvalue weighted by Gasteiger charge is -2.49. The van der Waals surface area contributed by atoms with Crippen LogP contribution in [0.2, 0.25) is 10.1 Å². The van der Waals surface area contributed by atoms with Crippen LogP contribution >= 0.6 is 0 Å². The molecule has 336 valence electrons. The molecule has 0 aromatic heterocycles. The summed E-state index contributed by atoms with van der Waals surface area (Å²) >= 11 is 0. The van der Waals surface area contributed by atoms with Gasteiger partial charge in [0.15, 0.2) is 0 Å². The van der Waals surface area contributed by atoms with Gasteiger partial charge in [-0.1, -0.05) is 260 Å². The van der Waals surface area contributed by atoms with E-state index >= 15 is 0 Å². The van der Waals surface area contributed by atoms with Crippen molar-refractivity contribution in [2.24, 2.45) is 0 Å². The second-order valence-electron chi connectivity index (χ2n) is 19.3. The van der Waals surface area contributed by atoms with Crippen LogP contribution in [0.5, 0.6) is 0 Å². The van der Waals surface area contributed by atoms with Gasteiger partial charge in [-0.2, -0.15) is 0 Å². The molecule has 7 aromatic carbocycles. The average Bonchev–Trinajstić information content (AvgIpc) is 3.69. The highest BCUT2D eigenvalue weighted by atomic mass is 28.4. The highest BCUT2D eigenvalue weighted by molar-refractivity contribution is 7.00. The van der Waals surface area contributed by atoms with Gasteiger partial charge < -0.3 is 23.4 Å². The van der Waals surface area contributed by atoms with Gasteiger partial charge in [0.25, 0.3) is 16.6 Å². The summed E-state index contributed by atoms with van der Waals surface area (Å²) in [6.07, 6.45) is 1.53. The Balaban J connectivity index is 1.38. The molecule has 0 saturated carbocycles. The molecule has 8 rings (SSSR count). The number of aliphatic hydroxyl groups excluding tert-OH is 1. The number of aliphatic hydroxyl groups is 1. The minimum atomic E-state index is -3.35. The van der Waals surface area contributed by atoms with E-state index in [0.717, 1.165) is 37.4 Å². The van der Waals surface area contributed by atoms with Crippen molar-refractivity contribution in [2.75, 3.05) is 6.61 Å². The van der Waals surface area contributed by atoms with Gasteiger partial charge in [0.05, 0.1) is 6.61 Å². The number of benzene rings is 7. The predicted molar refractivity (Wildman–Crippen MR) is 274 cm³/mol. The molecule has 7 aromatic rings. The van der Waals surface area contributed by atoms with Gasteiger partial charge >= 0.3 is 0 Å². The second kappa shape index (κ2) is 19.7. The molecule has 1 aliphatic rings. The number of ether oxygens (including phenoxy) is 2. The maximum atomic E-state index is 12.1. The molecule has 1 aliphatic heterocycles. The van der Waals surface area contributed by atoms with E-state index in [1.165, 1.54) is 0 Å². The molecule has 1 fully saturated rings. The van der Waals surface area contributed by atoms with Gasteiger partial charge in [-0.15, -0.1) is 6.42 Å². The van der Waals surface area contributed by atoms with Crippen LogP contribution in [0.15, 0.2) is 212 Å². The largest absolute Gasteiger partial charge is 0.399 e. The smallest absolute Gasteiger partial charge is 0.261 e. The number of hydrogen-bond donors (Lipinski definition) is 1. The normalized spacial score (nSPS) is 18.6. The Morgan fingerprint density at radius 3 is 1.06 bits per heavy atom. The van der Waals surface area contributed by atoms with E-state index in [1.54, 1.807) is 0 Å². The standard InChI is InChI=1S/C59H62O5Si2/c1-8-52(60)54-56(64-66(58(5,6)7,50-40-26-14-27-41-50)51-42-28-15-29-43-51)55(63-65(57(2,3)4,48-36-22-12-23-37-48)49-38-24-13-25-39-49)53(62-54)44-61-59(45-30-16-9-17-31-45,46-32-18-10-19-33-46)47-34-20-11-21-35-47/h1,9-43,52-56,60H,44H2,2-7H3/t52-,53-,54-,55-,56-/m1/s1. The molecule has 0 amide bonds. The Morgan fingerprint density at radius 2 is 0.773 bits per heavy atom. The third kappa shape index (κ3) is 8.71. The van der Waals surface area contributed by atoms with Crippen molar-refractivity contribution in [1.29, 1.82) is 0 Å². The molecule has 0 unspecified atom stereocenters. The lowest BCUT2D eigenvalue weighted by molar-refractivity contribution is -0.0930. The van der Waals surface area contributed by atoms with E-state index in [9.17, 15) is 5.11 Å². The Kier molecular flexibility index (Phi) is 14.0. The topological polar surface area (TPSA) is 57.2 Å². The van der Waals surface area contributed by atoms with Crippen LogP contribution in [-0.2, 0) is 23.9 Å². The monoisotopic (exact) mass is 906 g/mol. The first-order valence-electron chi connectivity index (χ1n) is 23.0. The Hall–Kier alpha value is -5.67.